The number of rotatable bonds is 2. The van der Waals surface area contributed by atoms with Crippen LogP contribution in [0.3, 0.4) is 0 Å². The van der Waals surface area contributed by atoms with Crippen LogP contribution in [0.15, 0.2) is 30.7 Å². The van der Waals surface area contributed by atoms with E-state index < -0.39 is 11.7 Å². The number of nitrogens with zero attached hydrogens (tertiary/aromatic N) is 3. The Bertz CT molecular complexity index is 763. The third-order valence-electron chi connectivity index (χ3n) is 3.66. The average molecular weight is 302 g/mol. The first-order chi connectivity index (χ1) is 10.1. The first-order valence-electron chi connectivity index (χ1n) is 6.48. The van der Waals surface area contributed by atoms with Gasteiger partial charge < -0.3 is 4.74 Å². The predicted molar refractivity (Wildman–Crippen MR) is 75.6 cm³/mol. The van der Waals surface area contributed by atoms with Crippen LogP contribution in [0.25, 0.3) is 0 Å². The Morgan fingerprint density at radius 3 is 3.05 bits per heavy atom. The number of aryl methyl sites for hydroxylation is 1. The second kappa shape index (κ2) is 4.90. The highest BCUT2D eigenvalue weighted by Gasteiger charge is 2.44. The van der Waals surface area contributed by atoms with Crippen molar-refractivity contribution in [3.8, 4) is 6.07 Å². The van der Waals surface area contributed by atoms with Crippen LogP contribution in [0.1, 0.15) is 30.2 Å². The van der Waals surface area contributed by atoms with Crippen LogP contribution in [-0.4, -0.2) is 15.5 Å². The Kier molecular flexibility index (Phi) is 3.19. The van der Waals surface area contributed by atoms with Gasteiger partial charge in [0.2, 0.25) is 5.72 Å². The molecule has 21 heavy (non-hydrogen) atoms. The Balaban J connectivity index is 2.19. The zero-order valence-electron chi connectivity index (χ0n) is 11.3. The highest BCUT2D eigenvalue weighted by atomic mass is 35.5. The minimum absolute atomic E-state index is 0.392. The Morgan fingerprint density at radius 1 is 1.57 bits per heavy atom. The lowest BCUT2D eigenvalue weighted by atomic mass is 9.98. The van der Waals surface area contributed by atoms with Gasteiger partial charge in [-0.3, -0.25) is 9.36 Å². The summed E-state index contributed by atoms with van der Waals surface area (Å²) in [5.41, 5.74) is 1.13. The van der Waals surface area contributed by atoms with E-state index in [9.17, 15) is 4.79 Å². The second-order valence-electron chi connectivity index (χ2n) is 4.94. The number of esters is 1. The van der Waals surface area contributed by atoms with Gasteiger partial charge in [-0.1, -0.05) is 17.7 Å². The molecule has 3 rings (SSSR count). The number of fused-ring (bicyclic) bond motifs is 1. The van der Waals surface area contributed by atoms with Crippen molar-refractivity contribution in [3.05, 3.63) is 52.6 Å². The molecule has 0 fully saturated rings. The third kappa shape index (κ3) is 2.08. The van der Waals surface area contributed by atoms with Crippen molar-refractivity contribution in [2.45, 2.75) is 25.5 Å². The number of imidazole rings is 1. The summed E-state index contributed by atoms with van der Waals surface area (Å²) in [6, 6.07) is 7.03. The lowest BCUT2D eigenvalue weighted by Gasteiger charge is -2.31. The minimum atomic E-state index is -0.983. The third-order valence-corrected chi connectivity index (χ3v) is 3.97. The average Bonchev–Trinajstić information content (AvgIpc) is 3.02. The number of halogens is 1. The number of carbonyl (C=O) groups is 1. The van der Waals surface area contributed by atoms with Gasteiger partial charge in [0.05, 0.1) is 23.0 Å². The molecule has 1 aliphatic rings. The fourth-order valence-corrected chi connectivity index (χ4v) is 3.14. The molecule has 0 N–H and O–H groups in total. The van der Waals surface area contributed by atoms with Gasteiger partial charge >= 0.3 is 5.97 Å². The highest BCUT2D eigenvalue weighted by Crippen LogP contribution is 2.42. The van der Waals surface area contributed by atoms with E-state index in [0.29, 0.717) is 22.6 Å². The summed E-state index contributed by atoms with van der Waals surface area (Å²) in [5.74, 6) is -0.392. The molecule has 0 aliphatic carbocycles. The molecular weight excluding hydrogens is 290 g/mol. The molecule has 6 heteroatoms. The number of nitriles is 1. The summed E-state index contributed by atoms with van der Waals surface area (Å²) in [6.45, 7) is 1.37. The van der Waals surface area contributed by atoms with E-state index in [1.165, 1.54) is 6.92 Å². The SMILES string of the molecule is CC(=O)OC1(c2ccc(C#N)cc2Cl)CCc2cncn21. The number of ether oxygens (including phenoxy) is 1. The van der Waals surface area contributed by atoms with E-state index in [0.717, 1.165) is 12.1 Å². The summed E-state index contributed by atoms with van der Waals surface area (Å²) in [5, 5.41) is 9.34. The molecule has 5 nitrogen and oxygen atoms in total. The number of carbonyl (C=O) groups excluding carboxylic acids is 1. The van der Waals surface area contributed by atoms with Gasteiger partial charge in [0.15, 0.2) is 0 Å². The first-order valence-corrected chi connectivity index (χ1v) is 6.86. The molecule has 1 aromatic carbocycles. The van der Waals surface area contributed by atoms with Gasteiger partial charge in [-0.2, -0.15) is 5.26 Å². The van der Waals surface area contributed by atoms with E-state index in [1.54, 1.807) is 30.7 Å². The molecule has 0 amide bonds. The summed E-state index contributed by atoms with van der Waals surface area (Å²) < 4.78 is 7.48. The maximum absolute atomic E-state index is 11.6. The molecule has 1 unspecified atom stereocenters. The van der Waals surface area contributed by atoms with Crippen molar-refractivity contribution in [1.82, 2.24) is 9.55 Å². The summed E-state index contributed by atoms with van der Waals surface area (Å²) in [4.78, 5) is 15.7. The van der Waals surface area contributed by atoms with Crippen molar-refractivity contribution >= 4 is 17.6 Å². The first kappa shape index (κ1) is 13.7. The molecule has 0 radical (unpaired) electrons. The smallest absolute Gasteiger partial charge is 0.305 e. The Hall–Kier alpha value is -2.32. The normalized spacial score (nSPS) is 19.9. The zero-order valence-corrected chi connectivity index (χ0v) is 12.1. The lowest BCUT2D eigenvalue weighted by molar-refractivity contribution is -0.161. The molecule has 2 aromatic rings. The number of hydrogen-bond donors (Lipinski definition) is 0. The largest absolute Gasteiger partial charge is 0.434 e. The maximum atomic E-state index is 11.6. The fourth-order valence-electron chi connectivity index (χ4n) is 2.81. The summed E-state index contributed by atoms with van der Waals surface area (Å²) in [6.07, 6.45) is 4.72. The molecule has 0 spiro atoms. The van der Waals surface area contributed by atoms with Crippen LogP contribution in [0, 0.1) is 11.3 Å². The van der Waals surface area contributed by atoms with Gasteiger partial charge in [-0.25, -0.2) is 4.98 Å². The molecule has 0 saturated carbocycles. The van der Waals surface area contributed by atoms with Crippen molar-refractivity contribution in [2.75, 3.05) is 0 Å². The molecule has 1 aliphatic heterocycles. The van der Waals surface area contributed by atoms with Gasteiger partial charge in [0.25, 0.3) is 0 Å². The monoisotopic (exact) mass is 301 g/mol. The van der Waals surface area contributed by atoms with Crippen molar-refractivity contribution < 1.29 is 9.53 Å². The molecule has 106 valence electrons. The Morgan fingerprint density at radius 2 is 2.38 bits per heavy atom. The van der Waals surface area contributed by atoms with Gasteiger partial charge in [-0.05, 0) is 18.6 Å². The summed E-state index contributed by atoms with van der Waals surface area (Å²) >= 11 is 6.32. The number of aromatic nitrogens is 2. The van der Waals surface area contributed by atoms with Gasteiger partial charge in [0.1, 0.15) is 0 Å². The number of benzene rings is 1. The second-order valence-corrected chi connectivity index (χ2v) is 5.35. The molecular formula is C15H12ClN3O2. The molecule has 1 aromatic heterocycles. The fraction of sp³-hybridized carbons (Fsp3) is 0.267. The van der Waals surface area contributed by atoms with Crippen LogP contribution in [-0.2, 0) is 21.7 Å². The maximum Gasteiger partial charge on any atom is 0.305 e. The highest BCUT2D eigenvalue weighted by molar-refractivity contribution is 6.31. The van der Waals surface area contributed by atoms with Crippen molar-refractivity contribution in [1.29, 1.82) is 5.26 Å². The number of hydrogen-bond acceptors (Lipinski definition) is 4. The van der Waals surface area contributed by atoms with Crippen molar-refractivity contribution in [3.63, 3.8) is 0 Å². The van der Waals surface area contributed by atoms with Crippen LogP contribution < -0.4 is 0 Å². The van der Waals surface area contributed by atoms with E-state index in [-0.39, 0.29) is 0 Å². The molecule has 1 atom stereocenters. The quantitative estimate of drug-likeness (QED) is 0.800. The van der Waals surface area contributed by atoms with Gasteiger partial charge in [0, 0.05) is 30.8 Å². The zero-order chi connectivity index (χ0) is 15.0. The van der Waals surface area contributed by atoms with E-state index in [1.807, 2.05) is 10.6 Å². The topological polar surface area (TPSA) is 67.9 Å². The van der Waals surface area contributed by atoms with E-state index >= 15 is 0 Å². The van der Waals surface area contributed by atoms with Crippen LogP contribution >= 0.6 is 11.6 Å². The molecule has 0 bridgehead atoms. The van der Waals surface area contributed by atoms with Crippen LogP contribution in [0.4, 0.5) is 0 Å². The Labute approximate surface area is 126 Å². The predicted octanol–water partition coefficient (Wildman–Crippen LogP) is 2.62. The van der Waals surface area contributed by atoms with E-state index in [2.05, 4.69) is 4.98 Å². The molecule has 2 heterocycles. The standard InChI is InChI=1S/C15H12ClN3O2/c1-10(20)21-15(5-4-12-8-18-9-19(12)15)13-3-2-11(7-17)6-14(13)16/h2-3,6,8-9H,4-5H2,1H3. The van der Waals surface area contributed by atoms with Gasteiger partial charge in [-0.15, -0.1) is 0 Å². The lowest BCUT2D eigenvalue weighted by Crippen LogP contribution is -2.36. The molecule has 0 saturated heterocycles. The summed E-state index contributed by atoms with van der Waals surface area (Å²) in [7, 11) is 0. The van der Waals surface area contributed by atoms with Crippen molar-refractivity contribution in [2.24, 2.45) is 0 Å². The van der Waals surface area contributed by atoms with E-state index in [4.69, 9.17) is 21.6 Å². The van der Waals surface area contributed by atoms with Crippen LogP contribution in [0.2, 0.25) is 5.02 Å². The minimum Gasteiger partial charge on any atom is -0.434 e. The van der Waals surface area contributed by atoms with Crippen LogP contribution in [0.5, 0.6) is 0 Å².